The van der Waals surface area contributed by atoms with Crippen molar-refractivity contribution in [3.8, 4) is 5.75 Å². The molecule has 1 unspecified atom stereocenters. The highest BCUT2D eigenvalue weighted by atomic mass is 16.6. The van der Waals surface area contributed by atoms with Crippen molar-refractivity contribution in [2.75, 3.05) is 0 Å². The number of hydrogen-bond acceptors (Lipinski definition) is 6. The van der Waals surface area contributed by atoms with E-state index in [9.17, 15) is 25.0 Å². The summed E-state index contributed by atoms with van der Waals surface area (Å²) in [5.41, 5.74) is -1.00. The van der Waals surface area contributed by atoms with Crippen LogP contribution in [0.15, 0.2) is 18.2 Å². The molecule has 0 radical (unpaired) electrons. The highest BCUT2D eigenvalue weighted by molar-refractivity contribution is 5.76. The van der Waals surface area contributed by atoms with Crippen molar-refractivity contribution in [3.05, 3.63) is 38.4 Å². The highest BCUT2D eigenvalue weighted by Crippen LogP contribution is 2.31. The molecule has 0 aliphatic heterocycles. The Morgan fingerprint density at radius 2 is 1.39 bits per heavy atom. The van der Waals surface area contributed by atoms with E-state index in [1.54, 1.807) is 6.92 Å². The molecular weight excluding hydrogens is 400 g/mol. The lowest BCUT2D eigenvalue weighted by atomic mass is 10.0. The number of carbonyl (C=O) groups is 1. The number of unbranched alkanes of at least 4 members (excludes halogenated alkanes) is 11. The minimum Gasteiger partial charge on any atom is -0.419 e. The van der Waals surface area contributed by atoms with Crippen molar-refractivity contribution in [1.29, 1.82) is 0 Å². The Labute approximate surface area is 184 Å². The first-order valence-electron chi connectivity index (χ1n) is 11.5. The summed E-state index contributed by atoms with van der Waals surface area (Å²) in [5.74, 6) is -1.21. The molecule has 0 saturated heterocycles. The van der Waals surface area contributed by atoms with E-state index in [0.29, 0.717) is 6.42 Å². The Kier molecular flexibility index (Phi) is 13.1. The van der Waals surface area contributed by atoms with Crippen LogP contribution >= 0.6 is 0 Å². The lowest BCUT2D eigenvalue weighted by molar-refractivity contribution is -0.394. The normalized spacial score (nSPS) is 11.8. The maximum absolute atomic E-state index is 12.3. The van der Waals surface area contributed by atoms with Crippen LogP contribution in [0, 0.1) is 26.1 Å². The standard InChI is InChI=1S/C23H36N2O6/c1-3-4-5-6-7-8-9-10-11-12-13-14-15-19(2)23(26)31-22-17-16-20(24(27)28)18-21(22)25(29)30/h16-19H,3-15H2,1-2H3. The second kappa shape index (κ2) is 15.3. The van der Waals surface area contributed by atoms with E-state index in [0.717, 1.165) is 37.5 Å². The van der Waals surface area contributed by atoms with Gasteiger partial charge in [0.15, 0.2) is 0 Å². The Bertz CT molecular complexity index is 707. The van der Waals surface area contributed by atoms with E-state index in [-0.39, 0.29) is 5.75 Å². The maximum atomic E-state index is 12.3. The molecule has 0 aliphatic carbocycles. The van der Waals surface area contributed by atoms with Crippen LogP contribution < -0.4 is 4.74 Å². The number of nitrogens with zero attached hydrogens (tertiary/aromatic N) is 2. The van der Waals surface area contributed by atoms with Gasteiger partial charge in [0.05, 0.1) is 21.8 Å². The molecule has 8 heteroatoms. The van der Waals surface area contributed by atoms with Gasteiger partial charge in [-0.2, -0.15) is 0 Å². The van der Waals surface area contributed by atoms with E-state index in [2.05, 4.69) is 6.92 Å². The first-order chi connectivity index (χ1) is 14.9. The smallest absolute Gasteiger partial charge is 0.318 e. The van der Waals surface area contributed by atoms with Gasteiger partial charge in [0.1, 0.15) is 0 Å². The molecular formula is C23H36N2O6. The fourth-order valence-corrected chi connectivity index (χ4v) is 3.47. The zero-order chi connectivity index (χ0) is 23.1. The van der Waals surface area contributed by atoms with Gasteiger partial charge in [0.2, 0.25) is 5.75 Å². The molecule has 0 spiro atoms. The van der Waals surface area contributed by atoms with Gasteiger partial charge in [0, 0.05) is 6.07 Å². The molecule has 1 rings (SSSR count). The molecule has 0 fully saturated rings. The molecule has 1 atom stereocenters. The van der Waals surface area contributed by atoms with Gasteiger partial charge in [-0.15, -0.1) is 0 Å². The highest BCUT2D eigenvalue weighted by Gasteiger charge is 2.24. The van der Waals surface area contributed by atoms with Crippen molar-refractivity contribution >= 4 is 17.3 Å². The third-order valence-electron chi connectivity index (χ3n) is 5.45. The third kappa shape index (κ3) is 10.9. The van der Waals surface area contributed by atoms with Crippen LogP contribution in [0.25, 0.3) is 0 Å². The molecule has 0 aromatic heterocycles. The van der Waals surface area contributed by atoms with E-state index < -0.39 is 33.1 Å². The first kappa shape index (κ1) is 26.5. The van der Waals surface area contributed by atoms with Crippen LogP contribution in [-0.4, -0.2) is 15.8 Å². The van der Waals surface area contributed by atoms with E-state index in [4.69, 9.17) is 4.74 Å². The number of nitro benzene ring substituents is 2. The first-order valence-corrected chi connectivity index (χ1v) is 11.5. The number of rotatable bonds is 17. The average molecular weight is 437 g/mol. The lowest BCUT2D eigenvalue weighted by Gasteiger charge is -2.11. The van der Waals surface area contributed by atoms with Crippen molar-refractivity contribution in [3.63, 3.8) is 0 Å². The van der Waals surface area contributed by atoms with Crippen molar-refractivity contribution < 1.29 is 19.4 Å². The van der Waals surface area contributed by atoms with Crippen LogP contribution in [0.5, 0.6) is 5.75 Å². The summed E-state index contributed by atoms with van der Waals surface area (Å²) < 4.78 is 5.16. The summed E-state index contributed by atoms with van der Waals surface area (Å²) in [6.07, 6.45) is 15.5. The largest absolute Gasteiger partial charge is 0.419 e. The van der Waals surface area contributed by atoms with Crippen LogP contribution in [-0.2, 0) is 4.79 Å². The summed E-state index contributed by atoms with van der Waals surface area (Å²) in [6.45, 7) is 3.97. The number of non-ortho nitro benzene ring substituents is 1. The zero-order valence-corrected chi connectivity index (χ0v) is 18.8. The summed E-state index contributed by atoms with van der Waals surface area (Å²) in [7, 11) is 0. The Morgan fingerprint density at radius 3 is 1.87 bits per heavy atom. The monoisotopic (exact) mass is 436 g/mol. The fraction of sp³-hybridized carbons (Fsp3) is 0.696. The number of carbonyl (C=O) groups excluding carboxylic acids is 1. The van der Waals surface area contributed by atoms with Crippen LogP contribution in [0.4, 0.5) is 11.4 Å². The summed E-state index contributed by atoms with van der Waals surface area (Å²) >= 11 is 0. The van der Waals surface area contributed by atoms with Gasteiger partial charge < -0.3 is 4.74 Å². The molecule has 0 heterocycles. The molecule has 1 aromatic rings. The zero-order valence-electron chi connectivity index (χ0n) is 18.8. The molecule has 31 heavy (non-hydrogen) atoms. The minimum absolute atomic E-state index is 0.262. The van der Waals surface area contributed by atoms with Crippen molar-refractivity contribution in [2.24, 2.45) is 5.92 Å². The maximum Gasteiger partial charge on any atom is 0.318 e. The summed E-state index contributed by atoms with van der Waals surface area (Å²) in [6, 6.07) is 2.99. The fourth-order valence-electron chi connectivity index (χ4n) is 3.47. The summed E-state index contributed by atoms with van der Waals surface area (Å²) in [4.78, 5) is 32.7. The Hall–Kier alpha value is -2.51. The Balaban J connectivity index is 2.24. The van der Waals surface area contributed by atoms with Gasteiger partial charge in [-0.25, -0.2) is 0 Å². The molecule has 8 nitrogen and oxygen atoms in total. The number of benzene rings is 1. The average Bonchev–Trinajstić information content (AvgIpc) is 2.74. The molecule has 0 amide bonds. The van der Waals surface area contributed by atoms with E-state index in [1.165, 1.54) is 57.8 Å². The van der Waals surface area contributed by atoms with Crippen LogP contribution in [0.3, 0.4) is 0 Å². The van der Waals surface area contributed by atoms with Crippen molar-refractivity contribution in [1.82, 2.24) is 0 Å². The third-order valence-corrected chi connectivity index (χ3v) is 5.45. The van der Waals surface area contributed by atoms with Gasteiger partial charge in [-0.05, 0) is 12.5 Å². The summed E-state index contributed by atoms with van der Waals surface area (Å²) in [5, 5.41) is 21.9. The van der Waals surface area contributed by atoms with Gasteiger partial charge in [-0.1, -0.05) is 90.9 Å². The van der Waals surface area contributed by atoms with Crippen LogP contribution in [0.1, 0.15) is 97.3 Å². The van der Waals surface area contributed by atoms with Crippen molar-refractivity contribution in [2.45, 2.75) is 97.3 Å². The molecule has 0 saturated carbocycles. The second-order valence-corrected chi connectivity index (χ2v) is 8.17. The molecule has 0 bridgehead atoms. The molecule has 174 valence electrons. The topological polar surface area (TPSA) is 113 Å². The molecule has 0 aliphatic rings. The quantitative estimate of drug-likeness (QED) is 0.0843. The molecule has 1 aromatic carbocycles. The number of ether oxygens (including phenoxy) is 1. The Morgan fingerprint density at radius 1 is 0.871 bits per heavy atom. The van der Waals surface area contributed by atoms with E-state index >= 15 is 0 Å². The predicted octanol–water partition coefficient (Wildman–Crippen LogP) is 7.14. The number of hydrogen-bond donors (Lipinski definition) is 0. The van der Waals surface area contributed by atoms with Gasteiger partial charge in [-0.3, -0.25) is 25.0 Å². The number of esters is 1. The number of nitro groups is 2. The van der Waals surface area contributed by atoms with E-state index in [1.807, 2.05) is 0 Å². The predicted molar refractivity (Wildman–Crippen MR) is 120 cm³/mol. The second-order valence-electron chi connectivity index (χ2n) is 8.17. The molecule has 0 N–H and O–H groups in total. The SMILES string of the molecule is CCCCCCCCCCCCCCC(C)C(=O)Oc1ccc([N+](=O)[O-])cc1[N+](=O)[O-]. The lowest BCUT2D eigenvalue weighted by Crippen LogP contribution is -2.18. The van der Waals surface area contributed by atoms with Crippen LogP contribution in [0.2, 0.25) is 0 Å². The minimum atomic E-state index is -0.786. The van der Waals surface area contributed by atoms with Gasteiger partial charge >= 0.3 is 11.7 Å². The van der Waals surface area contributed by atoms with Gasteiger partial charge in [0.25, 0.3) is 5.69 Å².